The van der Waals surface area contributed by atoms with Crippen molar-refractivity contribution in [1.29, 1.82) is 0 Å². The van der Waals surface area contributed by atoms with E-state index in [1.54, 1.807) is 12.3 Å². The summed E-state index contributed by atoms with van der Waals surface area (Å²) in [4.78, 5) is 18.6. The van der Waals surface area contributed by atoms with Gasteiger partial charge in [0.25, 0.3) is 5.91 Å². The normalized spacial score (nSPS) is 17.3. The van der Waals surface area contributed by atoms with Gasteiger partial charge in [0.2, 0.25) is 0 Å². The highest BCUT2D eigenvalue weighted by molar-refractivity contribution is 6.06. The highest BCUT2D eigenvalue weighted by Gasteiger charge is 2.40. The van der Waals surface area contributed by atoms with Crippen molar-refractivity contribution in [3.05, 3.63) is 42.1 Å². The highest BCUT2D eigenvalue weighted by Crippen LogP contribution is 2.25. The maximum Gasteiger partial charge on any atom is 0.254 e. The molecule has 0 spiro atoms. The maximum absolute atomic E-state index is 12.5. The molecule has 1 aromatic heterocycles. The van der Waals surface area contributed by atoms with E-state index in [0.29, 0.717) is 18.7 Å². The van der Waals surface area contributed by atoms with E-state index < -0.39 is 0 Å². The molecule has 19 heavy (non-hydrogen) atoms. The molecule has 98 valence electrons. The first-order chi connectivity index (χ1) is 9.13. The third-order valence-corrected chi connectivity index (χ3v) is 3.88. The van der Waals surface area contributed by atoms with Crippen molar-refractivity contribution in [3.8, 4) is 0 Å². The number of rotatable bonds is 2. The van der Waals surface area contributed by atoms with Crippen molar-refractivity contribution < 1.29 is 4.79 Å². The zero-order valence-corrected chi connectivity index (χ0v) is 11.0. The number of nitrogens with two attached hydrogens (primary N) is 1. The molecule has 1 saturated heterocycles. The van der Waals surface area contributed by atoms with Crippen molar-refractivity contribution in [2.75, 3.05) is 13.1 Å². The van der Waals surface area contributed by atoms with Crippen LogP contribution in [-0.2, 0) is 0 Å². The summed E-state index contributed by atoms with van der Waals surface area (Å²) in [6.45, 7) is 3.33. The minimum Gasteiger partial charge on any atom is -0.335 e. The van der Waals surface area contributed by atoms with Crippen molar-refractivity contribution in [1.82, 2.24) is 9.88 Å². The molecule has 3 rings (SSSR count). The van der Waals surface area contributed by atoms with Gasteiger partial charge in [-0.25, -0.2) is 0 Å². The van der Waals surface area contributed by atoms with E-state index in [2.05, 4.69) is 11.9 Å². The fraction of sp³-hybridized carbons (Fsp3) is 0.333. The van der Waals surface area contributed by atoms with Gasteiger partial charge in [-0.3, -0.25) is 9.78 Å². The summed E-state index contributed by atoms with van der Waals surface area (Å²) >= 11 is 0. The molecule has 2 N–H and O–H groups in total. The number of likely N-dealkylation sites (tertiary alicyclic amines) is 1. The molecular weight excluding hydrogens is 238 g/mol. The van der Waals surface area contributed by atoms with Gasteiger partial charge in [0.15, 0.2) is 0 Å². The third-order valence-electron chi connectivity index (χ3n) is 3.88. The van der Waals surface area contributed by atoms with Gasteiger partial charge in [-0.1, -0.05) is 25.1 Å². The van der Waals surface area contributed by atoms with E-state index in [1.165, 1.54) is 0 Å². The van der Waals surface area contributed by atoms with Crippen LogP contribution in [0.4, 0.5) is 0 Å². The molecule has 1 aromatic carbocycles. The summed E-state index contributed by atoms with van der Waals surface area (Å²) in [6.07, 6.45) is 2.58. The van der Waals surface area contributed by atoms with E-state index >= 15 is 0 Å². The van der Waals surface area contributed by atoms with Crippen LogP contribution >= 0.6 is 0 Å². The third kappa shape index (κ3) is 1.98. The minimum atomic E-state index is -0.196. The topological polar surface area (TPSA) is 59.2 Å². The van der Waals surface area contributed by atoms with E-state index in [-0.39, 0.29) is 11.4 Å². The Kier molecular flexibility index (Phi) is 2.75. The lowest BCUT2D eigenvalue weighted by Gasteiger charge is -2.47. The Balaban J connectivity index is 1.91. The fourth-order valence-electron chi connectivity index (χ4n) is 2.53. The predicted octanol–water partition coefficient (Wildman–Crippen LogP) is 1.80. The van der Waals surface area contributed by atoms with Crippen LogP contribution in [0.5, 0.6) is 0 Å². The van der Waals surface area contributed by atoms with Crippen LogP contribution in [0.25, 0.3) is 10.9 Å². The SMILES string of the molecule is CCC1(N)CN(C(=O)c2ccnc3ccccc23)C1. The Morgan fingerprint density at radius 3 is 2.84 bits per heavy atom. The van der Waals surface area contributed by atoms with Gasteiger partial charge in [-0.2, -0.15) is 0 Å². The molecule has 2 heterocycles. The summed E-state index contributed by atoms with van der Waals surface area (Å²) in [6, 6.07) is 9.49. The number of hydrogen-bond donors (Lipinski definition) is 1. The Morgan fingerprint density at radius 1 is 1.37 bits per heavy atom. The van der Waals surface area contributed by atoms with Gasteiger partial charge < -0.3 is 10.6 Å². The lowest BCUT2D eigenvalue weighted by atomic mass is 9.87. The van der Waals surface area contributed by atoms with Gasteiger partial charge in [0.05, 0.1) is 16.6 Å². The zero-order chi connectivity index (χ0) is 13.5. The summed E-state index contributed by atoms with van der Waals surface area (Å²) in [7, 11) is 0. The van der Waals surface area contributed by atoms with E-state index in [1.807, 2.05) is 29.2 Å². The second-order valence-corrected chi connectivity index (χ2v) is 5.25. The molecule has 4 nitrogen and oxygen atoms in total. The number of benzene rings is 1. The molecule has 0 bridgehead atoms. The van der Waals surface area contributed by atoms with Crippen molar-refractivity contribution in [2.24, 2.45) is 5.73 Å². The molecule has 1 amide bonds. The molecular formula is C15H17N3O. The van der Waals surface area contributed by atoms with Crippen LogP contribution < -0.4 is 5.73 Å². The first-order valence-electron chi connectivity index (χ1n) is 6.55. The van der Waals surface area contributed by atoms with Crippen molar-refractivity contribution in [3.63, 3.8) is 0 Å². The van der Waals surface area contributed by atoms with Gasteiger partial charge in [0, 0.05) is 24.7 Å². The summed E-state index contributed by atoms with van der Waals surface area (Å²) in [5.41, 5.74) is 7.48. The van der Waals surface area contributed by atoms with E-state index in [9.17, 15) is 4.79 Å². The smallest absolute Gasteiger partial charge is 0.254 e. The van der Waals surface area contributed by atoms with E-state index in [4.69, 9.17) is 5.73 Å². The van der Waals surface area contributed by atoms with Crippen molar-refractivity contribution in [2.45, 2.75) is 18.9 Å². The number of amides is 1. The highest BCUT2D eigenvalue weighted by atomic mass is 16.2. The zero-order valence-electron chi connectivity index (χ0n) is 11.0. The first-order valence-corrected chi connectivity index (χ1v) is 6.55. The Morgan fingerprint density at radius 2 is 2.11 bits per heavy atom. The Labute approximate surface area is 112 Å². The second-order valence-electron chi connectivity index (χ2n) is 5.25. The van der Waals surface area contributed by atoms with Gasteiger partial charge in [0.1, 0.15) is 0 Å². The lowest BCUT2D eigenvalue weighted by molar-refractivity contribution is 0.0403. The Bertz CT molecular complexity index is 627. The molecule has 4 heteroatoms. The molecule has 2 aromatic rings. The average molecular weight is 255 g/mol. The minimum absolute atomic E-state index is 0.0492. The molecule has 1 aliphatic heterocycles. The number of hydrogen-bond acceptors (Lipinski definition) is 3. The number of para-hydroxylation sites is 1. The first kappa shape index (κ1) is 12.1. The largest absolute Gasteiger partial charge is 0.335 e. The molecule has 0 saturated carbocycles. The molecule has 1 aliphatic rings. The maximum atomic E-state index is 12.5. The standard InChI is InChI=1S/C15H17N3O/c1-2-15(16)9-18(10-15)14(19)12-7-8-17-13-6-4-3-5-11(12)13/h3-8H,2,9-10,16H2,1H3. The van der Waals surface area contributed by atoms with Crippen LogP contribution in [0.2, 0.25) is 0 Å². The van der Waals surface area contributed by atoms with Crippen LogP contribution in [0.3, 0.4) is 0 Å². The van der Waals surface area contributed by atoms with Gasteiger partial charge >= 0.3 is 0 Å². The Hall–Kier alpha value is -1.94. The molecule has 0 radical (unpaired) electrons. The number of carbonyl (C=O) groups excluding carboxylic acids is 1. The van der Waals surface area contributed by atoms with Crippen LogP contribution in [0, 0.1) is 0 Å². The van der Waals surface area contributed by atoms with Crippen LogP contribution in [0.1, 0.15) is 23.7 Å². The summed E-state index contributed by atoms with van der Waals surface area (Å²) < 4.78 is 0. The quantitative estimate of drug-likeness (QED) is 0.890. The average Bonchev–Trinajstić information content (AvgIpc) is 2.42. The van der Waals surface area contributed by atoms with Crippen LogP contribution in [-0.4, -0.2) is 34.4 Å². The van der Waals surface area contributed by atoms with Crippen LogP contribution in [0.15, 0.2) is 36.5 Å². The number of fused-ring (bicyclic) bond motifs is 1. The molecule has 1 fully saturated rings. The number of pyridine rings is 1. The number of aromatic nitrogens is 1. The second kappa shape index (κ2) is 4.31. The van der Waals surface area contributed by atoms with Gasteiger partial charge in [-0.15, -0.1) is 0 Å². The number of nitrogens with zero attached hydrogens (tertiary/aromatic N) is 2. The summed E-state index contributed by atoms with van der Waals surface area (Å²) in [5, 5.41) is 0.904. The van der Waals surface area contributed by atoms with Crippen molar-refractivity contribution >= 4 is 16.8 Å². The molecule has 0 unspecified atom stereocenters. The predicted molar refractivity (Wildman–Crippen MR) is 74.9 cm³/mol. The molecule has 0 aliphatic carbocycles. The van der Waals surface area contributed by atoms with Gasteiger partial charge in [-0.05, 0) is 18.6 Å². The monoisotopic (exact) mass is 255 g/mol. The summed E-state index contributed by atoms with van der Waals surface area (Å²) in [5.74, 6) is 0.0492. The molecule has 0 atom stereocenters. The van der Waals surface area contributed by atoms with E-state index in [0.717, 1.165) is 17.3 Å². The number of carbonyl (C=O) groups is 1. The fourth-order valence-corrected chi connectivity index (χ4v) is 2.53. The lowest BCUT2D eigenvalue weighted by Crippen LogP contribution is -2.68.